The second-order valence-electron chi connectivity index (χ2n) is 6.96. The summed E-state index contributed by atoms with van der Waals surface area (Å²) in [6.07, 6.45) is 6.63. The zero-order valence-corrected chi connectivity index (χ0v) is 14.0. The fourth-order valence-electron chi connectivity index (χ4n) is 5.23. The summed E-state index contributed by atoms with van der Waals surface area (Å²) in [4.78, 5) is 24.0. The Bertz CT molecular complexity index is 540. The van der Waals surface area contributed by atoms with E-state index in [1.54, 1.807) is 13.8 Å². The largest absolute Gasteiger partial charge is 0.466 e. The summed E-state index contributed by atoms with van der Waals surface area (Å²) in [5.74, 6) is -0.237. The summed E-state index contributed by atoms with van der Waals surface area (Å²) in [5, 5.41) is 11.4. The van der Waals surface area contributed by atoms with Crippen LogP contribution >= 0.6 is 0 Å². The first-order chi connectivity index (χ1) is 11.0. The van der Waals surface area contributed by atoms with E-state index in [0.717, 1.165) is 25.7 Å². The fraction of sp³-hybridized carbons (Fsp3) is 0.778. The molecule has 0 amide bonds. The first-order valence-electron chi connectivity index (χ1n) is 8.77. The molecule has 0 bridgehead atoms. The molecule has 3 rings (SSSR count). The van der Waals surface area contributed by atoms with Gasteiger partial charge in [-0.05, 0) is 45.4 Å². The van der Waals surface area contributed by atoms with E-state index in [9.17, 15) is 14.7 Å². The molecule has 2 fully saturated rings. The van der Waals surface area contributed by atoms with Crippen molar-refractivity contribution in [3.8, 4) is 0 Å². The van der Waals surface area contributed by atoms with Crippen LogP contribution in [-0.4, -0.2) is 35.9 Å². The quantitative estimate of drug-likeness (QED) is 0.760. The van der Waals surface area contributed by atoms with E-state index in [1.807, 2.05) is 6.08 Å². The molecule has 0 aromatic heterocycles. The molecule has 2 saturated carbocycles. The van der Waals surface area contributed by atoms with Crippen molar-refractivity contribution >= 4 is 11.9 Å². The summed E-state index contributed by atoms with van der Waals surface area (Å²) in [6, 6.07) is 0. The molecule has 3 aliphatic rings. The van der Waals surface area contributed by atoms with Gasteiger partial charge in [0, 0.05) is 17.8 Å². The molecular formula is C18H26O5. The van der Waals surface area contributed by atoms with Gasteiger partial charge in [-0.2, -0.15) is 0 Å². The van der Waals surface area contributed by atoms with Gasteiger partial charge in [0.25, 0.3) is 0 Å². The second-order valence-corrected chi connectivity index (χ2v) is 6.96. The lowest BCUT2D eigenvalue weighted by Crippen LogP contribution is -2.57. The van der Waals surface area contributed by atoms with Gasteiger partial charge in [-0.15, -0.1) is 0 Å². The molecule has 4 atom stereocenters. The Morgan fingerprint density at radius 2 is 2.04 bits per heavy atom. The van der Waals surface area contributed by atoms with Crippen LogP contribution in [0.25, 0.3) is 0 Å². The van der Waals surface area contributed by atoms with Crippen LogP contribution in [0.5, 0.6) is 0 Å². The third kappa shape index (κ3) is 2.24. The van der Waals surface area contributed by atoms with Crippen LogP contribution in [0.1, 0.15) is 52.4 Å². The Labute approximate surface area is 137 Å². The lowest BCUT2D eigenvalue weighted by molar-refractivity contribution is -0.150. The fourth-order valence-corrected chi connectivity index (χ4v) is 5.23. The van der Waals surface area contributed by atoms with Crippen molar-refractivity contribution in [1.82, 2.24) is 0 Å². The van der Waals surface area contributed by atoms with Crippen molar-refractivity contribution in [2.75, 3.05) is 13.2 Å². The van der Waals surface area contributed by atoms with Gasteiger partial charge in [0.15, 0.2) is 0 Å². The topological polar surface area (TPSA) is 72.8 Å². The van der Waals surface area contributed by atoms with Gasteiger partial charge in [-0.1, -0.05) is 12.5 Å². The highest BCUT2D eigenvalue weighted by Crippen LogP contribution is 2.69. The SMILES string of the molecule is CCOC(=O)CC[C@]12CCC[C@H]1C[C@@H]1C=C(C(=O)OCC)[C@@]12O. The minimum atomic E-state index is -1.12. The average Bonchev–Trinajstić information content (AvgIpc) is 2.98. The molecule has 0 spiro atoms. The maximum Gasteiger partial charge on any atom is 0.336 e. The Kier molecular flexibility index (Phi) is 4.25. The van der Waals surface area contributed by atoms with Crippen LogP contribution in [0, 0.1) is 17.3 Å². The molecule has 5 heteroatoms. The second kappa shape index (κ2) is 5.93. The zero-order chi connectivity index (χ0) is 16.7. The van der Waals surface area contributed by atoms with Crippen molar-refractivity contribution in [3.63, 3.8) is 0 Å². The molecule has 0 heterocycles. The summed E-state index contributed by atoms with van der Waals surface area (Å²) in [7, 11) is 0. The number of ether oxygens (including phenoxy) is 2. The van der Waals surface area contributed by atoms with Gasteiger partial charge >= 0.3 is 11.9 Å². The van der Waals surface area contributed by atoms with Crippen LogP contribution in [0.15, 0.2) is 11.6 Å². The van der Waals surface area contributed by atoms with Gasteiger partial charge in [0.1, 0.15) is 5.60 Å². The van der Waals surface area contributed by atoms with Crippen molar-refractivity contribution in [2.45, 2.75) is 58.0 Å². The summed E-state index contributed by atoms with van der Waals surface area (Å²) in [5.41, 5.74) is -1.08. The lowest BCUT2D eigenvalue weighted by Gasteiger charge is -2.50. The molecule has 23 heavy (non-hydrogen) atoms. The normalized spacial score (nSPS) is 37.4. The van der Waals surface area contributed by atoms with Gasteiger partial charge in [-0.3, -0.25) is 4.79 Å². The van der Waals surface area contributed by atoms with Crippen LogP contribution in [0.3, 0.4) is 0 Å². The number of aliphatic hydroxyl groups is 1. The van der Waals surface area contributed by atoms with E-state index in [2.05, 4.69) is 0 Å². The predicted molar refractivity (Wildman–Crippen MR) is 83.4 cm³/mol. The molecule has 0 aromatic carbocycles. The molecule has 5 nitrogen and oxygen atoms in total. The monoisotopic (exact) mass is 322 g/mol. The summed E-state index contributed by atoms with van der Waals surface area (Å²) in [6.45, 7) is 4.23. The standard InChI is InChI=1S/C18H26O5/c1-3-22-15(19)7-9-17-8-5-6-12(17)10-13-11-14(18(13,17)21)16(20)23-4-2/h11-13,21H,3-10H2,1-2H3/t12-,13+,17+,18-/m0/s1. The Morgan fingerprint density at radius 3 is 2.74 bits per heavy atom. The highest BCUT2D eigenvalue weighted by molar-refractivity contribution is 5.93. The Balaban J connectivity index is 1.83. The van der Waals surface area contributed by atoms with Crippen LogP contribution in [-0.2, 0) is 19.1 Å². The number of rotatable bonds is 6. The van der Waals surface area contributed by atoms with E-state index in [-0.39, 0.29) is 17.3 Å². The van der Waals surface area contributed by atoms with E-state index >= 15 is 0 Å². The van der Waals surface area contributed by atoms with Gasteiger partial charge in [0.05, 0.1) is 18.8 Å². The first-order valence-corrected chi connectivity index (χ1v) is 8.77. The van der Waals surface area contributed by atoms with Crippen molar-refractivity contribution < 1.29 is 24.2 Å². The first kappa shape index (κ1) is 16.5. The van der Waals surface area contributed by atoms with Crippen molar-refractivity contribution in [2.24, 2.45) is 17.3 Å². The highest BCUT2D eigenvalue weighted by Gasteiger charge is 2.71. The highest BCUT2D eigenvalue weighted by atomic mass is 16.5. The smallest absolute Gasteiger partial charge is 0.336 e. The minimum absolute atomic E-state index is 0.0226. The molecular weight excluding hydrogens is 296 g/mol. The van der Waals surface area contributed by atoms with Gasteiger partial charge in [0.2, 0.25) is 0 Å². The maximum atomic E-state index is 12.2. The van der Waals surface area contributed by atoms with Gasteiger partial charge in [-0.25, -0.2) is 4.79 Å². The van der Waals surface area contributed by atoms with Crippen LogP contribution < -0.4 is 0 Å². The van der Waals surface area contributed by atoms with Gasteiger partial charge < -0.3 is 14.6 Å². The van der Waals surface area contributed by atoms with Crippen LogP contribution in [0.4, 0.5) is 0 Å². The molecule has 0 aromatic rings. The maximum absolute atomic E-state index is 12.2. The van der Waals surface area contributed by atoms with Crippen molar-refractivity contribution in [3.05, 3.63) is 11.6 Å². The molecule has 3 aliphatic carbocycles. The zero-order valence-electron chi connectivity index (χ0n) is 14.0. The molecule has 0 radical (unpaired) electrons. The number of hydrogen-bond donors (Lipinski definition) is 1. The molecule has 128 valence electrons. The van der Waals surface area contributed by atoms with Crippen molar-refractivity contribution in [1.29, 1.82) is 0 Å². The summed E-state index contributed by atoms with van der Waals surface area (Å²) >= 11 is 0. The minimum Gasteiger partial charge on any atom is -0.466 e. The molecule has 0 unspecified atom stereocenters. The molecule has 0 aliphatic heterocycles. The molecule has 0 saturated heterocycles. The number of carbonyl (C=O) groups is 2. The third-order valence-electron chi connectivity index (χ3n) is 6.15. The summed E-state index contributed by atoms with van der Waals surface area (Å²) < 4.78 is 10.2. The van der Waals surface area contributed by atoms with E-state index in [4.69, 9.17) is 9.47 Å². The molecule has 1 N–H and O–H groups in total. The number of fused-ring (bicyclic) bond motifs is 3. The number of esters is 2. The lowest BCUT2D eigenvalue weighted by atomic mass is 9.58. The Morgan fingerprint density at radius 1 is 1.30 bits per heavy atom. The van der Waals surface area contributed by atoms with Crippen LogP contribution in [0.2, 0.25) is 0 Å². The number of hydrogen-bond acceptors (Lipinski definition) is 5. The van der Waals surface area contributed by atoms with E-state index in [1.165, 1.54) is 0 Å². The van der Waals surface area contributed by atoms with E-state index < -0.39 is 11.6 Å². The van der Waals surface area contributed by atoms with E-state index in [0.29, 0.717) is 37.5 Å². The predicted octanol–water partition coefficient (Wildman–Crippen LogP) is 2.37. The third-order valence-corrected chi connectivity index (χ3v) is 6.15. The number of carbonyl (C=O) groups excluding carboxylic acids is 2. The Hall–Kier alpha value is -1.36. The average molecular weight is 322 g/mol.